The van der Waals surface area contributed by atoms with Crippen LogP contribution in [0.15, 0.2) is 47.9 Å². The normalized spacial score (nSPS) is 16.5. The molecule has 2 aromatic rings. The number of hydrogen-bond donors (Lipinski definition) is 1. The van der Waals surface area contributed by atoms with Crippen LogP contribution in [0, 0.1) is 10.1 Å². The summed E-state index contributed by atoms with van der Waals surface area (Å²) in [5.41, 5.74) is 1.56. The van der Waals surface area contributed by atoms with E-state index >= 15 is 0 Å². The largest absolute Gasteiger partial charge is 0.466 e. The molecule has 0 fully saturated rings. The summed E-state index contributed by atoms with van der Waals surface area (Å²) >= 11 is 0. The van der Waals surface area contributed by atoms with Crippen molar-refractivity contribution in [2.24, 2.45) is 0 Å². The Morgan fingerprint density at radius 1 is 1.48 bits per heavy atom. The molecule has 1 aromatic carbocycles. The van der Waals surface area contributed by atoms with Crippen LogP contribution in [0.3, 0.4) is 0 Å². The first-order valence-corrected chi connectivity index (χ1v) is 6.86. The predicted molar refractivity (Wildman–Crippen MR) is 81.8 cm³/mol. The predicted octanol–water partition coefficient (Wildman–Crippen LogP) is 2.25. The monoisotopic (exact) mass is 314 g/mol. The number of methoxy groups -OCH3 is 1. The minimum Gasteiger partial charge on any atom is -0.466 e. The van der Waals surface area contributed by atoms with E-state index in [2.05, 4.69) is 10.3 Å². The van der Waals surface area contributed by atoms with Crippen molar-refractivity contribution >= 4 is 17.6 Å². The number of nitrogens with one attached hydrogen (secondary N) is 1. The summed E-state index contributed by atoms with van der Waals surface area (Å²) < 4.78 is 6.63. The number of allylic oxidation sites excluding steroid dienone is 1. The van der Waals surface area contributed by atoms with Gasteiger partial charge in [0, 0.05) is 30.2 Å². The van der Waals surface area contributed by atoms with Gasteiger partial charge in [-0.2, -0.15) is 0 Å². The number of ether oxygens (including phenoxy) is 1. The maximum absolute atomic E-state index is 12.2. The Hall–Kier alpha value is -3.16. The molecule has 0 spiro atoms. The number of nitrogens with zero attached hydrogens (tertiary/aromatic N) is 3. The van der Waals surface area contributed by atoms with E-state index in [-0.39, 0.29) is 5.69 Å². The third-order valence-corrected chi connectivity index (χ3v) is 3.73. The average molecular weight is 314 g/mol. The van der Waals surface area contributed by atoms with E-state index < -0.39 is 16.9 Å². The van der Waals surface area contributed by atoms with Crippen LogP contribution in [-0.2, 0) is 9.53 Å². The van der Waals surface area contributed by atoms with E-state index in [0.29, 0.717) is 22.8 Å². The van der Waals surface area contributed by atoms with Gasteiger partial charge in [0.25, 0.3) is 5.69 Å². The number of aromatic nitrogens is 2. The van der Waals surface area contributed by atoms with Gasteiger partial charge in [-0.15, -0.1) is 0 Å². The van der Waals surface area contributed by atoms with Crippen LogP contribution in [0.1, 0.15) is 18.5 Å². The minimum absolute atomic E-state index is 0.0374. The van der Waals surface area contributed by atoms with E-state index in [0.717, 1.165) is 0 Å². The van der Waals surface area contributed by atoms with Crippen LogP contribution in [0.2, 0.25) is 0 Å². The lowest BCUT2D eigenvalue weighted by Crippen LogP contribution is -2.28. The summed E-state index contributed by atoms with van der Waals surface area (Å²) in [5, 5.41) is 14.1. The highest BCUT2D eigenvalue weighted by molar-refractivity contribution is 5.92. The van der Waals surface area contributed by atoms with E-state index in [1.54, 1.807) is 36.0 Å². The van der Waals surface area contributed by atoms with Crippen LogP contribution < -0.4 is 5.32 Å². The number of rotatable bonds is 3. The van der Waals surface area contributed by atoms with Gasteiger partial charge < -0.3 is 14.6 Å². The van der Waals surface area contributed by atoms with Gasteiger partial charge in [0.1, 0.15) is 0 Å². The molecule has 1 atom stereocenters. The van der Waals surface area contributed by atoms with Gasteiger partial charge in [-0.1, -0.05) is 12.1 Å². The lowest BCUT2D eigenvalue weighted by atomic mass is 9.95. The summed E-state index contributed by atoms with van der Waals surface area (Å²) in [6.45, 7) is 1.74. The number of non-ortho nitro benzene ring substituents is 1. The molecule has 0 amide bonds. The van der Waals surface area contributed by atoms with E-state index in [1.807, 2.05) is 0 Å². The van der Waals surface area contributed by atoms with Gasteiger partial charge in [0.2, 0.25) is 5.95 Å². The Bertz CT molecular complexity index is 824. The second-order valence-corrected chi connectivity index (χ2v) is 5.07. The minimum atomic E-state index is -0.541. The van der Waals surface area contributed by atoms with Gasteiger partial charge in [0.05, 0.1) is 23.6 Å². The number of carbonyl (C=O) groups excluding carboxylic acids is 1. The number of benzene rings is 1. The van der Waals surface area contributed by atoms with Crippen molar-refractivity contribution in [1.29, 1.82) is 0 Å². The highest BCUT2D eigenvalue weighted by Gasteiger charge is 2.33. The zero-order valence-corrected chi connectivity index (χ0v) is 12.5. The summed E-state index contributed by atoms with van der Waals surface area (Å²) in [5.74, 6) is 0.0671. The van der Waals surface area contributed by atoms with Crippen molar-refractivity contribution in [3.63, 3.8) is 0 Å². The fourth-order valence-electron chi connectivity index (χ4n) is 2.71. The topological polar surface area (TPSA) is 99.3 Å². The number of nitro benzene ring substituents is 1. The zero-order chi connectivity index (χ0) is 16.6. The molecule has 1 unspecified atom stereocenters. The van der Waals surface area contributed by atoms with E-state index in [9.17, 15) is 14.9 Å². The van der Waals surface area contributed by atoms with Gasteiger partial charge in [0.15, 0.2) is 0 Å². The smallest absolute Gasteiger partial charge is 0.337 e. The molecule has 1 N–H and O–H groups in total. The van der Waals surface area contributed by atoms with E-state index in [1.165, 1.54) is 19.2 Å². The summed E-state index contributed by atoms with van der Waals surface area (Å²) in [4.78, 5) is 27.0. The average Bonchev–Trinajstić information content (AvgIpc) is 3.00. The van der Waals surface area contributed by atoms with Crippen LogP contribution in [-0.4, -0.2) is 27.6 Å². The molecule has 1 aromatic heterocycles. The maximum atomic E-state index is 12.2. The first-order valence-electron chi connectivity index (χ1n) is 6.86. The Balaban J connectivity index is 2.19. The molecule has 1 aliphatic heterocycles. The van der Waals surface area contributed by atoms with Crippen molar-refractivity contribution in [3.8, 4) is 0 Å². The van der Waals surface area contributed by atoms with Gasteiger partial charge in [-0.05, 0) is 12.5 Å². The lowest BCUT2D eigenvalue weighted by molar-refractivity contribution is -0.384. The van der Waals surface area contributed by atoms with Gasteiger partial charge >= 0.3 is 5.97 Å². The van der Waals surface area contributed by atoms with Crippen molar-refractivity contribution in [2.75, 3.05) is 12.4 Å². The third-order valence-electron chi connectivity index (χ3n) is 3.73. The number of fused-ring (bicyclic) bond motifs is 1. The first-order chi connectivity index (χ1) is 11.0. The molecule has 0 saturated heterocycles. The number of carbonyl (C=O) groups is 1. The number of imidazole rings is 1. The second kappa shape index (κ2) is 5.56. The molecule has 0 radical (unpaired) electrons. The maximum Gasteiger partial charge on any atom is 0.337 e. The molecule has 118 valence electrons. The Morgan fingerprint density at radius 3 is 2.96 bits per heavy atom. The van der Waals surface area contributed by atoms with Crippen LogP contribution in [0.5, 0.6) is 0 Å². The molecule has 0 bridgehead atoms. The lowest BCUT2D eigenvalue weighted by Gasteiger charge is -2.29. The van der Waals surface area contributed by atoms with Crippen LogP contribution >= 0.6 is 0 Å². The second-order valence-electron chi connectivity index (χ2n) is 5.07. The molecule has 2 heterocycles. The van der Waals surface area contributed by atoms with Crippen molar-refractivity contribution < 1.29 is 14.5 Å². The van der Waals surface area contributed by atoms with E-state index in [4.69, 9.17) is 4.74 Å². The van der Waals surface area contributed by atoms with Gasteiger partial charge in [-0.3, -0.25) is 10.1 Å². The zero-order valence-electron chi connectivity index (χ0n) is 12.5. The SMILES string of the molecule is COC(=O)C1=C(C)Nc2nccn2C1c1cccc([N+](=O)[O-])c1. The van der Waals surface area contributed by atoms with Crippen LogP contribution in [0.25, 0.3) is 0 Å². The van der Waals surface area contributed by atoms with Crippen molar-refractivity contribution in [1.82, 2.24) is 9.55 Å². The molecular weight excluding hydrogens is 300 g/mol. The third kappa shape index (κ3) is 2.44. The molecule has 3 rings (SSSR count). The highest BCUT2D eigenvalue weighted by Crippen LogP contribution is 2.36. The molecule has 0 aliphatic carbocycles. The fraction of sp³-hybridized carbons (Fsp3) is 0.200. The standard InChI is InChI=1S/C15H14N4O4/c1-9-12(14(20)23-2)13(18-7-6-16-15(18)17-9)10-4-3-5-11(8-10)19(21)22/h3-8,13H,1-2H3,(H,16,17). The fourth-order valence-corrected chi connectivity index (χ4v) is 2.71. The Labute approximate surface area is 131 Å². The summed E-state index contributed by atoms with van der Waals surface area (Å²) in [6.07, 6.45) is 3.31. The quantitative estimate of drug-likeness (QED) is 0.530. The summed E-state index contributed by atoms with van der Waals surface area (Å²) in [7, 11) is 1.30. The van der Waals surface area contributed by atoms with Crippen LogP contribution in [0.4, 0.5) is 11.6 Å². The molecule has 8 heteroatoms. The summed E-state index contributed by atoms with van der Waals surface area (Å²) in [6, 6.07) is 5.66. The Kier molecular flexibility index (Phi) is 3.57. The molecular formula is C15H14N4O4. The van der Waals surface area contributed by atoms with Crippen molar-refractivity contribution in [3.05, 3.63) is 63.6 Å². The Morgan fingerprint density at radius 2 is 2.26 bits per heavy atom. The molecule has 8 nitrogen and oxygen atoms in total. The number of nitro groups is 1. The number of anilines is 1. The number of esters is 1. The first kappa shape index (κ1) is 14.8. The van der Waals surface area contributed by atoms with Gasteiger partial charge in [-0.25, -0.2) is 9.78 Å². The number of hydrogen-bond acceptors (Lipinski definition) is 6. The highest BCUT2D eigenvalue weighted by atomic mass is 16.6. The molecule has 1 aliphatic rings. The molecule has 23 heavy (non-hydrogen) atoms. The molecule has 0 saturated carbocycles. The van der Waals surface area contributed by atoms with Crippen molar-refractivity contribution in [2.45, 2.75) is 13.0 Å².